The SMILES string of the molecule is O=C(C1CCN(Cc2ccccc2F)CC1)N1CCSCC1. The Balaban J connectivity index is 1.50. The number of hydrogen-bond donors (Lipinski definition) is 0. The van der Waals surface area contributed by atoms with E-state index < -0.39 is 0 Å². The number of piperidine rings is 1. The molecule has 0 unspecified atom stereocenters. The minimum atomic E-state index is -0.133. The van der Waals surface area contributed by atoms with E-state index in [1.807, 2.05) is 28.8 Å². The number of halogens is 1. The van der Waals surface area contributed by atoms with Gasteiger partial charge < -0.3 is 4.90 Å². The standard InChI is InChI=1S/C17H23FN2OS/c18-16-4-2-1-3-15(16)13-19-7-5-14(6-8-19)17(21)20-9-11-22-12-10-20/h1-4,14H,5-13H2. The molecule has 2 aliphatic heterocycles. The molecule has 0 aliphatic carbocycles. The molecule has 120 valence electrons. The van der Waals surface area contributed by atoms with Crippen LogP contribution < -0.4 is 0 Å². The third kappa shape index (κ3) is 3.82. The second-order valence-electron chi connectivity index (χ2n) is 6.08. The second-order valence-corrected chi connectivity index (χ2v) is 7.30. The molecule has 0 spiro atoms. The van der Waals surface area contributed by atoms with Crippen LogP contribution in [0.15, 0.2) is 24.3 Å². The highest BCUT2D eigenvalue weighted by atomic mass is 32.2. The van der Waals surface area contributed by atoms with Gasteiger partial charge in [0, 0.05) is 42.6 Å². The van der Waals surface area contributed by atoms with Gasteiger partial charge in [0.25, 0.3) is 0 Å². The summed E-state index contributed by atoms with van der Waals surface area (Å²) < 4.78 is 13.7. The van der Waals surface area contributed by atoms with Crippen LogP contribution in [-0.2, 0) is 11.3 Å². The number of carbonyl (C=O) groups excluding carboxylic acids is 1. The third-order valence-electron chi connectivity index (χ3n) is 4.61. The molecule has 0 bridgehead atoms. The summed E-state index contributed by atoms with van der Waals surface area (Å²) in [7, 11) is 0. The predicted molar refractivity (Wildman–Crippen MR) is 88.3 cm³/mol. The Morgan fingerprint density at radius 1 is 1.14 bits per heavy atom. The minimum Gasteiger partial charge on any atom is -0.341 e. The van der Waals surface area contributed by atoms with Gasteiger partial charge in [0.15, 0.2) is 0 Å². The predicted octanol–water partition coefficient (Wildman–Crippen LogP) is 2.61. The van der Waals surface area contributed by atoms with Crippen LogP contribution in [0.2, 0.25) is 0 Å². The van der Waals surface area contributed by atoms with Gasteiger partial charge in [-0.1, -0.05) is 18.2 Å². The summed E-state index contributed by atoms with van der Waals surface area (Å²) in [6.07, 6.45) is 1.80. The van der Waals surface area contributed by atoms with Gasteiger partial charge in [-0.05, 0) is 32.0 Å². The molecular formula is C17H23FN2OS. The minimum absolute atomic E-state index is 0.133. The van der Waals surface area contributed by atoms with Crippen LogP contribution in [0.5, 0.6) is 0 Å². The number of amides is 1. The number of thioether (sulfide) groups is 1. The topological polar surface area (TPSA) is 23.6 Å². The average Bonchev–Trinajstić information content (AvgIpc) is 2.58. The molecule has 0 saturated carbocycles. The lowest BCUT2D eigenvalue weighted by Gasteiger charge is -2.35. The Kier molecular flexibility index (Phi) is 5.37. The first-order valence-corrected chi connectivity index (χ1v) is 9.22. The molecule has 1 aromatic carbocycles. The number of benzene rings is 1. The van der Waals surface area contributed by atoms with Crippen molar-refractivity contribution >= 4 is 17.7 Å². The van der Waals surface area contributed by atoms with E-state index in [0.29, 0.717) is 12.5 Å². The molecule has 2 heterocycles. The van der Waals surface area contributed by atoms with E-state index in [2.05, 4.69) is 4.90 Å². The summed E-state index contributed by atoms with van der Waals surface area (Å²) in [6.45, 7) is 4.21. The zero-order valence-corrected chi connectivity index (χ0v) is 13.7. The lowest BCUT2D eigenvalue weighted by molar-refractivity contribution is -0.136. The molecule has 22 heavy (non-hydrogen) atoms. The first kappa shape index (κ1) is 15.8. The maximum Gasteiger partial charge on any atom is 0.225 e. The third-order valence-corrected chi connectivity index (χ3v) is 5.55. The fourth-order valence-electron chi connectivity index (χ4n) is 3.25. The smallest absolute Gasteiger partial charge is 0.225 e. The van der Waals surface area contributed by atoms with Crippen LogP contribution in [0.4, 0.5) is 4.39 Å². The summed E-state index contributed by atoms with van der Waals surface area (Å²) in [6, 6.07) is 6.96. The van der Waals surface area contributed by atoms with Crippen molar-refractivity contribution in [3.63, 3.8) is 0 Å². The van der Waals surface area contributed by atoms with E-state index in [1.165, 1.54) is 6.07 Å². The van der Waals surface area contributed by atoms with Crippen LogP contribution in [-0.4, -0.2) is 53.4 Å². The molecule has 2 saturated heterocycles. The fraction of sp³-hybridized carbons (Fsp3) is 0.588. The van der Waals surface area contributed by atoms with Crippen molar-refractivity contribution in [3.8, 4) is 0 Å². The van der Waals surface area contributed by atoms with E-state index in [1.54, 1.807) is 6.07 Å². The van der Waals surface area contributed by atoms with E-state index in [9.17, 15) is 9.18 Å². The maximum atomic E-state index is 13.7. The molecule has 0 atom stereocenters. The molecule has 3 rings (SSSR count). The molecule has 5 heteroatoms. The zero-order valence-electron chi connectivity index (χ0n) is 12.8. The average molecular weight is 322 g/mol. The summed E-state index contributed by atoms with van der Waals surface area (Å²) in [5, 5.41) is 0. The summed E-state index contributed by atoms with van der Waals surface area (Å²) >= 11 is 1.93. The van der Waals surface area contributed by atoms with Crippen molar-refractivity contribution in [2.75, 3.05) is 37.7 Å². The van der Waals surface area contributed by atoms with Crippen molar-refractivity contribution in [1.29, 1.82) is 0 Å². The van der Waals surface area contributed by atoms with E-state index >= 15 is 0 Å². The monoisotopic (exact) mass is 322 g/mol. The molecule has 0 N–H and O–H groups in total. The van der Waals surface area contributed by atoms with Gasteiger partial charge in [-0.15, -0.1) is 0 Å². The first-order valence-electron chi connectivity index (χ1n) is 8.06. The van der Waals surface area contributed by atoms with Crippen molar-refractivity contribution in [2.24, 2.45) is 5.92 Å². The van der Waals surface area contributed by atoms with E-state index in [0.717, 1.165) is 56.1 Å². The normalized spacial score (nSPS) is 21.0. The van der Waals surface area contributed by atoms with E-state index in [-0.39, 0.29) is 11.7 Å². The van der Waals surface area contributed by atoms with Crippen LogP contribution in [0.25, 0.3) is 0 Å². The molecule has 1 amide bonds. The molecule has 0 radical (unpaired) electrons. The van der Waals surface area contributed by atoms with Gasteiger partial charge in [-0.2, -0.15) is 11.8 Å². The van der Waals surface area contributed by atoms with Gasteiger partial charge in [0.2, 0.25) is 5.91 Å². The quantitative estimate of drug-likeness (QED) is 0.855. The Morgan fingerprint density at radius 2 is 1.82 bits per heavy atom. The Bertz CT molecular complexity index is 511. The largest absolute Gasteiger partial charge is 0.341 e. The van der Waals surface area contributed by atoms with Crippen molar-refractivity contribution in [2.45, 2.75) is 19.4 Å². The highest BCUT2D eigenvalue weighted by Gasteiger charge is 2.29. The fourth-order valence-corrected chi connectivity index (χ4v) is 4.15. The number of rotatable bonds is 3. The summed E-state index contributed by atoms with van der Waals surface area (Å²) in [4.78, 5) is 16.8. The van der Waals surface area contributed by atoms with Crippen molar-refractivity contribution < 1.29 is 9.18 Å². The highest BCUT2D eigenvalue weighted by Crippen LogP contribution is 2.23. The number of hydrogen-bond acceptors (Lipinski definition) is 3. The maximum absolute atomic E-state index is 13.7. The molecule has 2 fully saturated rings. The van der Waals surface area contributed by atoms with E-state index in [4.69, 9.17) is 0 Å². The van der Waals surface area contributed by atoms with Crippen molar-refractivity contribution in [1.82, 2.24) is 9.80 Å². The van der Waals surface area contributed by atoms with Crippen LogP contribution in [0.1, 0.15) is 18.4 Å². The van der Waals surface area contributed by atoms with Crippen LogP contribution in [0.3, 0.4) is 0 Å². The molecule has 2 aliphatic rings. The first-order chi connectivity index (χ1) is 10.7. The van der Waals surface area contributed by atoms with Gasteiger partial charge in [0.05, 0.1) is 0 Å². The van der Waals surface area contributed by atoms with Gasteiger partial charge in [0.1, 0.15) is 5.82 Å². The second kappa shape index (κ2) is 7.47. The number of carbonyl (C=O) groups is 1. The molecule has 3 nitrogen and oxygen atoms in total. The Morgan fingerprint density at radius 3 is 2.50 bits per heavy atom. The van der Waals surface area contributed by atoms with Crippen LogP contribution >= 0.6 is 11.8 Å². The lowest BCUT2D eigenvalue weighted by atomic mass is 9.95. The molecular weight excluding hydrogens is 299 g/mol. The van der Waals surface area contributed by atoms with Crippen LogP contribution in [0, 0.1) is 11.7 Å². The molecule has 0 aromatic heterocycles. The Hall–Kier alpha value is -1.07. The lowest BCUT2D eigenvalue weighted by Crippen LogP contribution is -2.45. The number of likely N-dealkylation sites (tertiary alicyclic amines) is 1. The van der Waals surface area contributed by atoms with Crippen molar-refractivity contribution in [3.05, 3.63) is 35.6 Å². The summed E-state index contributed by atoms with van der Waals surface area (Å²) in [5.74, 6) is 2.51. The Labute approximate surface area is 135 Å². The summed E-state index contributed by atoms with van der Waals surface area (Å²) in [5.41, 5.74) is 0.750. The van der Waals surface area contributed by atoms with Gasteiger partial charge >= 0.3 is 0 Å². The molecule has 1 aromatic rings. The highest BCUT2D eigenvalue weighted by molar-refractivity contribution is 7.99. The van der Waals surface area contributed by atoms with Gasteiger partial charge in [-0.25, -0.2) is 4.39 Å². The zero-order chi connectivity index (χ0) is 15.4. The van der Waals surface area contributed by atoms with Gasteiger partial charge in [-0.3, -0.25) is 9.69 Å². The number of nitrogens with zero attached hydrogens (tertiary/aromatic N) is 2.